The Morgan fingerprint density at radius 3 is 1.25 bits per heavy atom. The molecule has 0 fully saturated rings. The van der Waals surface area contributed by atoms with Crippen molar-refractivity contribution in [3.05, 3.63) is 0 Å². The minimum Gasteiger partial charge on any atom is -0.247 e. The normalized spacial score (nSPS) is 4.50. The van der Waals surface area contributed by atoms with Crippen molar-refractivity contribution in [3.8, 4) is 0 Å². The van der Waals surface area contributed by atoms with Gasteiger partial charge in [0.1, 0.15) is 46.0 Å². The zero-order chi connectivity index (χ0) is 2.71. The molecule has 0 aliphatic rings. The van der Waals surface area contributed by atoms with Crippen LogP contribution in [0.4, 0.5) is 0 Å². The van der Waals surface area contributed by atoms with Crippen LogP contribution in [0.2, 0.25) is 0 Å². The fraction of sp³-hybridized carbons (Fsp3) is 0. The molecule has 0 aromatic carbocycles. The molecule has 0 spiro atoms. The van der Waals surface area contributed by atoms with Gasteiger partial charge in [-0.2, -0.15) is 0 Å². The Hall–Kier alpha value is 2.16. The average molecular weight is 451 g/mol. The molecule has 0 atom stereocenters. The van der Waals surface area contributed by atoms with Crippen LogP contribution in [0, 0.1) is 0 Å². The van der Waals surface area contributed by atoms with Crippen LogP contribution in [0.15, 0.2) is 0 Å². The topological polar surface area (TPSA) is 9.23 Å². The van der Waals surface area contributed by atoms with Crippen LogP contribution < -0.4 is 0 Å². The second-order valence-corrected chi connectivity index (χ2v) is 2.62. The molecule has 25 valence electrons. The molecule has 1 radical (unpaired) electrons. The van der Waals surface area contributed by atoms with E-state index in [-0.39, 0.29) is 22.4 Å². The van der Waals surface area contributed by atoms with E-state index in [1.54, 1.807) is 46.0 Å². The largest absolute Gasteiger partial charge is 0.247 e. The average Bonchev–Trinajstić information content (AvgIpc) is 0.918. The van der Waals surface area contributed by atoms with E-state index in [9.17, 15) is 0 Å². The van der Waals surface area contributed by atoms with Gasteiger partial charge in [0.15, 0.2) is 0 Å². The maximum atomic E-state index is 4.19. The van der Waals surface area contributed by atoms with E-state index in [1.807, 2.05) is 0 Å². The van der Waals surface area contributed by atoms with E-state index in [2.05, 4.69) is 1.40 Å². The van der Waals surface area contributed by atoms with Crippen molar-refractivity contribution in [3.63, 3.8) is 0 Å². The van der Waals surface area contributed by atoms with Crippen molar-refractivity contribution in [1.82, 2.24) is 0 Å². The van der Waals surface area contributed by atoms with Gasteiger partial charge in [0.2, 0.25) is 0 Å². The Morgan fingerprint density at radius 1 is 1.25 bits per heavy atom. The summed E-state index contributed by atoms with van der Waals surface area (Å²) in [7, 11) is 0. The molecule has 0 aliphatic heterocycles. The summed E-state index contributed by atoms with van der Waals surface area (Å²) < 4.78 is 4.19. The molecule has 0 bridgehead atoms. The second-order valence-electron chi connectivity index (χ2n) is 0.0583. The molecule has 1 nitrogen and oxygen atoms in total. The Morgan fingerprint density at radius 2 is 1.25 bits per heavy atom. The Labute approximate surface area is 68.7 Å². The molecular weight excluding hydrogens is 451 g/mol. The van der Waals surface area contributed by atoms with Crippen LogP contribution in [0.3, 0.4) is 0 Å². The minimum atomic E-state index is 0. The van der Waals surface area contributed by atoms with Crippen LogP contribution in [0.1, 0.15) is 0 Å². The van der Waals surface area contributed by atoms with Gasteiger partial charge in [0, 0.05) is 22.4 Å². The molecule has 0 aliphatic carbocycles. The minimum absolute atomic E-state index is 0. The van der Waals surface area contributed by atoms with Gasteiger partial charge in [-0.05, 0) is 0 Å². The summed E-state index contributed by atoms with van der Waals surface area (Å²) in [5, 5.41) is 0. The van der Waals surface area contributed by atoms with Crippen LogP contribution in [-0.4, -0.2) is 0 Å². The Balaban J connectivity index is 0. The zero-order valence-corrected chi connectivity index (χ0v) is 9.14. The molecule has 0 amide bonds. The van der Waals surface area contributed by atoms with Crippen LogP contribution in [-0.2, 0) is 23.8 Å². The van der Waals surface area contributed by atoms with Crippen molar-refractivity contribution in [2.45, 2.75) is 0 Å². The summed E-state index contributed by atoms with van der Waals surface area (Å²) in [5.41, 5.74) is 0. The summed E-state index contributed by atoms with van der Waals surface area (Å²) in [6.45, 7) is 0. The van der Waals surface area contributed by atoms with Crippen molar-refractivity contribution in [2.24, 2.45) is 0 Å². The van der Waals surface area contributed by atoms with Gasteiger partial charge in [-0.15, -0.1) is 0 Å². The van der Waals surface area contributed by atoms with Crippen molar-refractivity contribution in [1.29, 1.82) is 0 Å². The molecule has 0 aromatic rings. The fourth-order valence-corrected chi connectivity index (χ4v) is 0. The quantitative estimate of drug-likeness (QED) is 0.511. The van der Waals surface area contributed by atoms with Crippen LogP contribution >= 0.6 is 46.0 Å². The maximum Gasteiger partial charge on any atom is 0.124 e. The predicted octanol–water partition coefficient (Wildman–Crippen LogP) is 1.70. The number of halogens is 2. The van der Waals surface area contributed by atoms with E-state index in [0.29, 0.717) is 0 Å². The smallest absolute Gasteiger partial charge is 0.124 e. The molecule has 0 rings (SSSR count). The third-order valence-corrected chi connectivity index (χ3v) is 0. The van der Waals surface area contributed by atoms with Crippen molar-refractivity contribution >= 4 is 46.0 Å². The van der Waals surface area contributed by atoms with E-state index in [0.717, 1.165) is 0 Å². The van der Waals surface area contributed by atoms with Crippen LogP contribution in [0.25, 0.3) is 0 Å². The molecule has 4 heavy (non-hydrogen) atoms. The first-order valence-electron chi connectivity index (χ1n) is 0.309. The molecule has 0 N–H and O–H groups in total. The molecule has 0 saturated heterocycles. The first kappa shape index (κ1) is 9.48. The van der Waals surface area contributed by atoms with Gasteiger partial charge in [0.05, 0.1) is 0 Å². The molecule has 0 aromatic heterocycles. The van der Waals surface area contributed by atoms with Crippen LogP contribution in [0.5, 0.6) is 0 Å². The second kappa shape index (κ2) is 8.94. The molecule has 0 heterocycles. The number of rotatable bonds is 0. The fourth-order valence-electron chi connectivity index (χ4n) is 0. The Kier molecular flexibility index (Phi) is 21.2. The van der Waals surface area contributed by atoms with Gasteiger partial charge >= 0.3 is 0 Å². The first-order chi connectivity index (χ1) is 1.41. The number of hydrogen-bond donors (Lipinski definition) is 0. The van der Waals surface area contributed by atoms with E-state index in [1.165, 1.54) is 0 Å². The molecule has 0 unspecified atom stereocenters. The summed E-state index contributed by atoms with van der Waals surface area (Å²) in [5.74, 6) is 0. The van der Waals surface area contributed by atoms with Gasteiger partial charge < -0.3 is 0 Å². The SMILES string of the molecule is IOI.[Ta]. The standard InChI is InChI=1S/I2O.Ta/c1-3-2;. The van der Waals surface area contributed by atoms with E-state index >= 15 is 0 Å². The molecule has 0 saturated carbocycles. The summed E-state index contributed by atoms with van der Waals surface area (Å²) in [6, 6.07) is 0. The number of hydrogen-bond acceptors (Lipinski definition) is 1. The van der Waals surface area contributed by atoms with Gasteiger partial charge in [-0.3, -0.25) is 0 Å². The molecule has 4 heteroatoms. The monoisotopic (exact) mass is 451 g/mol. The maximum absolute atomic E-state index is 4.19. The third kappa shape index (κ3) is 8.90. The summed E-state index contributed by atoms with van der Waals surface area (Å²) >= 11 is 3.55. The predicted molar refractivity (Wildman–Crippen MR) is 29.1 cm³/mol. The van der Waals surface area contributed by atoms with Gasteiger partial charge in [0.25, 0.3) is 0 Å². The third-order valence-electron chi connectivity index (χ3n) is 0. The summed E-state index contributed by atoms with van der Waals surface area (Å²) in [6.07, 6.45) is 0. The first-order valence-corrected chi connectivity index (χ1v) is 2.07. The van der Waals surface area contributed by atoms with Gasteiger partial charge in [-0.25, -0.2) is 1.40 Å². The van der Waals surface area contributed by atoms with E-state index < -0.39 is 0 Å². The van der Waals surface area contributed by atoms with Gasteiger partial charge in [-0.1, -0.05) is 0 Å². The Bertz CT molecular complexity index is 6.00. The van der Waals surface area contributed by atoms with E-state index in [4.69, 9.17) is 0 Å². The summed E-state index contributed by atoms with van der Waals surface area (Å²) in [4.78, 5) is 0. The molecular formula is I2OTa. The zero-order valence-electron chi connectivity index (χ0n) is 1.61. The van der Waals surface area contributed by atoms with Crippen molar-refractivity contribution < 1.29 is 23.8 Å². The van der Waals surface area contributed by atoms with Crippen molar-refractivity contribution in [2.75, 3.05) is 0 Å².